The van der Waals surface area contributed by atoms with Crippen molar-refractivity contribution in [1.82, 2.24) is 20.4 Å². The molecule has 2 rings (SSSR count). The molecule has 164 valence electrons. The molecule has 1 aromatic rings. The molecule has 29 heavy (non-hydrogen) atoms. The number of rotatable bonds is 11. The number of ether oxygens (including phenoxy) is 1. The molecule has 1 fully saturated rings. The Labute approximate surface area is 177 Å². The largest absolute Gasteiger partial charge is 0.379 e. The van der Waals surface area contributed by atoms with E-state index in [1.54, 1.807) is 0 Å². The van der Waals surface area contributed by atoms with Crippen LogP contribution in [0.4, 0.5) is 0 Å². The van der Waals surface area contributed by atoms with Crippen molar-refractivity contribution in [2.45, 2.75) is 52.7 Å². The molecule has 0 aliphatic carbocycles. The van der Waals surface area contributed by atoms with Gasteiger partial charge in [0.25, 0.3) is 0 Å². The molecule has 0 amide bonds. The average Bonchev–Trinajstić information content (AvgIpc) is 2.73. The van der Waals surface area contributed by atoms with Crippen molar-refractivity contribution in [3.05, 3.63) is 35.4 Å². The third-order valence-electron chi connectivity index (χ3n) is 5.48. The zero-order valence-corrected chi connectivity index (χ0v) is 18.9. The predicted molar refractivity (Wildman–Crippen MR) is 122 cm³/mol. The number of morpholine rings is 1. The average molecular weight is 404 g/mol. The lowest BCUT2D eigenvalue weighted by molar-refractivity contribution is 0.0341. The molecule has 0 saturated carbocycles. The zero-order chi connectivity index (χ0) is 20.9. The first-order chi connectivity index (χ1) is 14.1. The van der Waals surface area contributed by atoms with Crippen LogP contribution in [0.1, 0.15) is 44.7 Å². The van der Waals surface area contributed by atoms with Crippen LogP contribution in [0.3, 0.4) is 0 Å². The van der Waals surface area contributed by atoms with Crippen LogP contribution in [-0.4, -0.2) is 74.8 Å². The number of nitrogens with zero attached hydrogens (tertiary/aromatic N) is 3. The van der Waals surface area contributed by atoms with Gasteiger partial charge in [-0.25, -0.2) is 4.99 Å². The van der Waals surface area contributed by atoms with Crippen molar-refractivity contribution in [2.24, 2.45) is 4.99 Å². The van der Waals surface area contributed by atoms with E-state index in [1.165, 1.54) is 17.5 Å². The van der Waals surface area contributed by atoms with Crippen LogP contribution in [0.2, 0.25) is 0 Å². The van der Waals surface area contributed by atoms with Crippen molar-refractivity contribution in [2.75, 3.05) is 53.0 Å². The molecule has 0 atom stereocenters. The zero-order valence-electron chi connectivity index (χ0n) is 18.9. The first-order valence-corrected chi connectivity index (χ1v) is 11.2. The molecular weight excluding hydrogens is 362 g/mol. The van der Waals surface area contributed by atoms with E-state index in [1.807, 2.05) is 0 Å². The lowest BCUT2D eigenvalue weighted by atomic mass is 10.1. The molecule has 6 heteroatoms. The fraction of sp³-hybridized carbons (Fsp3) is 0.696. The summed E-state index contributed by atoms with van der Waals surface area (Å²) >= 11 is 0. The van der Waals surface area contributed by atoms with Crippen LogP contribution in [0.5, 0.6) is 0 Å². The van der Waals surface area contributed by atoms with Gasteiger partial charge in [0.1, 0.15) is 0 Å². The molecule has 0 bridgehead atoms. The number of nitrogens with one attached hydrogen (secondary N) is 2. The normalized spacial score (nSPS) is 15.9. The van der Waals surface area contributed by atoms with Gasteiger partial charge in [0, 0.05) is 38.8 Å². The molecular formula is C23H41N5O. The number of unbranched alkanes of at least 4 members (excludes halogenated alkanes) is 1. The van der Waals surface area contributed by atoms with Gasteiger partial charge in [-0.15, -0.1) is 0 Å². The summed E-state index contributed by atoms with van der Waals surface area (Å²) in [6.45, 7) is 14.9. The lowest BCUT2D eigenvalue weighted by Crippen LogP contribution is -2.38. The van der Waals surface area contributed by atoms with E-state index in [-0.39, 0.29) is 0 Å². The topological polar surface area (TPSA) is 52.1 Å². The summed E-state index contributed by atoms with van der Waals surface area (Å²) in [5, 5.41) is 6.86. The Balaban J connectivity index is 1.84. The first kappa shape index (κ1) is 23.6. The summed E-state index contributed by atoms with van der Waals surface area (Å²) in [4.78, 5) is 9.69. The van der Waals surface area contributed by atoms with Gasteiger partial charge in [-0.05, 0) is 58.3 Å². The minimum absolute atomic E-state index is 0.611. The van der Waals surface area contributed by atoms with Gasteiger partial charge < -0.3 is 20.3 Å². The van der Waals surface area contributed by atoms with Crippen LogP contribution in [0.25, 0.3) is 0 Å². The quantitative estimate of drug-likeness (QED) is 0.338. The summed E-state index contributed by atoms with van der Waals surface area (Å²) < 4.78 is 5.47. The third kappa shape index (κ3) is 9.15. The Hall–Kier alpha value is -1.63. The summed E-state index contributed by atoms with van der Waals surface area (Å²) in [7, 11) is 2.19. The van der Waals surface area contributed by atoms with E-state index < -0.39 is 0 Å². The molecule has 0 aromatic heterocycles. The van der Waals surface area contributed by atoms with Crippen molar-refractivity contribution < 1.29 is 4.74 Å². The van der Waals surface area contributed by atoms with Gasteiger partial charge in [-0.2, -0.15) is 0 Å². The van der Waals surface area contributed by atoms with Crippen molar-refractivity contribution >= 4 is 5.96 Å². The fourth-order valence-electron chi connectivity index (χ4n) is 3.32. The second kappa shape index (κ2) is 13.6. The van der Waals surface area contributed by atoms with Crippen LogP contribution < -0.4 is 10.6 Å². The number of guanidine groups is 1. The maximum absolute atomic E-state index is 5.47. The van der Waals surface area contributed by atoms with Gasteiger partial charge in [0.15, 0.2) is 5.96 Å². The second-order valence-corrected chi connectivity index (χ2v) is 8.06. The third-order valence-corrected chi connectivity index (χ3v) is 5.48. The van der Waals surface area contributed by atoms with Crippen LogP contribution in [0.15, 0.2) is 29.3 Å². The Morgan fingerprint density at radius 1 is 1.14 bits per heavy atom. The monoisotopic (exact) mass is 403 g/mol. The molecule has 1 saturated heterocycles. The molecule has 6 nitrogen and oxygen atoms in total. The van der Waals surface area contributed by atoms with Crippen LogP contribution in [-0.2, 0) is 17.8 Å². The maximum atomic E-state index is 5.47. The highest BCUT2D eigenvalue weighted by Crippen LogP contribution is 2.14. The van der Waals surface area contributed by atoms with Crippen LogP contribution in [0, 0.1) is 0 Å². The molecule has 1 aliphatic rings. The number of hydrogen-bond donors (Lipinski definition) is 2. The molecule has 2 N–H and O–H groups in total. The summed E-state index contributed by atoms with van der Waals surface area (Å²) in [6.07, 6.45) is 2.35. The van der Waals surface area contributed by atoms with Gasteiger partial charge >= 0.3 is 0 Å². The molecule has 0 spiro atoms. The second-order valence-electron chi connectivity index (χ2n) is 8.06. The van der Waals surface area contributed by atoms with E-state index in [0.29, 0.717) is 12.6 Å². The van der Waals surface area contributed by atoms with Gasteiger partial charge in [-0.3, -0.25) is 4.90 Å². The highest BCUT2D eigenvalue weighted by molar-refractivity contribution is 5.79. The Kier molecular flexibility index (Phi) is 11.1. The Bertz CT molecular complexity index is 599. The minimum atomic E-state index is 0.611. The fourth-order valence-corrected chi connectivity index (χ4v) is 3.32. The summed E-state index contributed by atoms with van der Waals surface area (Å²) in [5.41, 5.74) is 2.67. The highest BCUT2D eigenvalue weighted by atomic mass is 16.5. The predicted octanol–water partition coefficient (Wildman–Crippen LogP) is 2.69. The van der Waals surface area contributed by atoms with Gasteiger partial charge in [0.2, 0.25) is 0 Å². The van der Waals surface area contributed by atoms with Gasteiger partial charge in [-0.1, -0.05) is 24.3 Å². The van der Waals surface area contributed by atoms with Crippen molar-refractivity contribution in [1.29, 1.82) is 0 Å². The van der Waals surface area contributed by atoms with Crippen molar-refractivity contribution in [3.8, 4) is 0 Å². The smallest absolute Gasteiger partial charge is 0.191 e. The summed E-state index contributed by atoms with van der Waals surface area (Å²) in [6, 6.07) is 9.27. The Morgan fingerprint density at radius 3 is 2.55 bits per heavy atom. The SMILES string of the molecule is CCNC(=NCc1ccccc1CN1CCOCC1)NCCCCN(C)C(C)C. The van der Waals surface area contributed by atoms with E-state index >= 15 is 0 Å². The van der Waals surface area contributed by atoms with E-state index in [4.69, 9.17) is 9.73 Å². The highest BCUT2D eigenvalue weighted by Gasteiger charge is 2.12. The van der Waals surface area contributed by atoms with E-state index in [0.717, 1.165) is 64.9 Å². The lowest BCUT2D eigenvalue weighted by Gasteiger charge is -2.27. The van der Waals surface area contributed by atoms with E-state index in [2.05, 4.69) is 72.5 Å². The van der Waals surface area contributed by atoms with Crippen LogP contribution >= 0.6 is 0 Å². The molecule has 0 unspecified atom stereocenters. The Morgan fingerprint density at radius 2 is 1.86 bits per heavy atom. The number of hydrogen-bond acceptors (Lipinski definition) is 4. The molecule has 1 heterocycles. The van der Waals surface area contributed by atoms with Crippen molar-refractivity contribution in [3.63, 3.8) is 0 Å². The number of benzene rings is 1. The first-order valence-electron chi connectivity index (χ1n) is 11.2. The molecule has 1 aliphatic heterocycles. The van der Waals surface area contributed by atoms with Gasteiger partial charge in [0.05, 0.1) is 19.8 Å². The number of aliphatic imine (C=N–C) groups is 1. The standard InChI is InChI=1S/C23H41N5O/c1-5-24-23(25-12-8-9-13-27(4)20(2)3)26-18-21-10-6-7-11-22(21)19-28-14-16-29-17-15-28/h6-7,10-11,20H,5,8-9,12-19H2,1-4H3,(H2,24,25,26). The van der Waals surface area contributed by atoms with E-state index in [9.17, 15) is 0 Å². The minimum Gasteiger partial charge on any atom is -0.379 e. The summed E-state index contributed by atoms with van der Waals surface area (Å²) in [5.74, 6) is 0.908. The molecule has 0 radical (unpaired) electrons. The maximum Gasteiger partial charge on any atom is 0.191 e. The molecule has 1 aromatic carbocycles.